The van der Waals surface area contributed by atoms with Gasteiger partial charge in [0.2, 0.25) is 0 Å². The van der Waals surface area contributed by atoms with Crippen LogP contribution >= 0.6 is 11.9 Å². The number of fused-ring (bicyclic) bond motifs is 1. The normalized spacial score (nSPS) is 9.56. The van der Waals surface area contributed by atoms with Crippen LogP contribution in [0.15, 0.2) is 46.9 Å². The predicted molar refractivity (Wildman–Crippen MR) is 143 cm³/mol. The Kier molecular flexibility index (Phi) is 15.9. The van der Waals surface area contributed by atoms with Crippen LogP contribution in [0, 0.1) is 18.7 Å². The Hall–Kier alpha value is -2.42. The van der Waals surface area contributed by atoms with Gasteiger partial charge in [-0.1, -0.05) is 58.9 Å². The number of hydrogen-bond donors (Lipinski definition) is 1. The number of nitrogens with zero attached hydrogens (tertiary/aromatic N) is 1. The van der Waals surface area contributed by atoms with E-state index in [9.17, 15) is 4.39 Å². The summed E-state index contributed by atoms with van der Waals surface area (Å²) < 4.78 is 21.4. The van der Waals surface area contributed by atoms with E-state index in [1.54, 1.807) is 24.1 Å². The summed E-state index contributed by atoms with van der Waals surface area (Å²) in [5, 5.41) is 4.26. The SMILES string of the molecule is C#C.CCC.CCCC.CNCc1c(-c2ccc(F)cc2)oc2cc(N(C)SC)ccc12. The van der Waals surface area contributed by atoms with Gasteiger partial charge in [-0.3, -0.25) is 0 Å². The smallest absolute Gasteiger partial charge is 0.139 e. The molecule has 3 nitrogen and oxygen atoms in total. The molecular formula is C27H39FN2OS. The van der Waals surface area contributed by atoms with Gasteiger partial charge in [0.1, 0.15) is 17.2 Å². The van der Waals surface area contributed by atoms with Gasteiger partial charge in [0.05, 0.1) is 5.69 Å². The lowest BCUT2D eigenvalue weighted by Gasteiger charge is -2.14. The highest BCUT2D eigenvalue weighted by Crippen LogP contribution is 2.36. The van der Waals surface area contributed by atoms with Gasteiger partial charge in [0, 0.05) is 42.4 Å². The summed E-state index contributed by atoms with van der Waals surface area (Å²) in [7, 11) is 3.92. The summed E-state index contributed by atoms with van der Waals surface area (Å²) in [5.41, 5.74) is 3.90. The van der Waals surface area contributed by atoms with E-state index in [1.807, 2.05) is 26.4 Å². The van der Waals surface area contributed by atoms with Crippen LogP contribution in [-0.2, 0) is 6.54 Å². The third kappa shape index (κ3) is 8.98. The standard InChI is InChI=1S/C18H19FN2OS.C4H10.C3H8.C2H2/c1-20-11-16-15-9-8-14(21(2)23-3)10-17(15)22-18(16)12-4-6-13(19)7-5-12;1-3-4-2;1-3-2;1-2/h4-10,20H,11H2,1-3H3;3-4H2,1-2H3;3H2,1-2H3;1-2H. The van der Waals surface area contributed by atoms with Gasteiger partial charge < -0.3 is 14.0 Å². The second-order valence-electron chi connectivity index (χ2n) is 7.01. The molecule has 1 N–H and O–H groups in total. The van der Waals surface area contributed by atoms with Crippen LogP contribution in [0.2, 0.25) is 0 Å². The quantitative estimate of drug-likeness (QED) is 0.298. The van der Waals surface area contributed by atoms with Crippen molar-refractivity contribution in [1.29, 1.82) is 0 Å². The van der Waals surface area contributed by atoms with E-state index in [-0.39, 0.29) is 5.82 Å². The maximum Gasteiger partial charge on any atom is 0.139 e. The molecular weight excluding hydrogens is 419 g/mol. The zero-order chi connectivity index (χ0) is 24.5. The lowest BCUT2D eigenvalue weighted by Crippen LogP contribution is -2.06. The average Bonchev–Trinajstić information content (AvgIpc) is 3.19. The average molecular weight is 459 g/mol. The molecule has 3 rings (SSSR count). The predicted octanol–water partition coefficient (Wildman–Crippen LogP) is 8.14. The van der Waals surface area contributed by atoms with Crippen molar-refractivity contribution in [2.75, 3.05) is 24.7 Å². The number of terminal acetylenes is 1. The summed E-state index contributed by atoms with van der Waals surface area (Å²) in [6.07, 6.45) is 13.9. The summed E-state index contributed by atoms with van der Waals surface area (Å²) >= 11 is 1.64. The monoisotopic (exact) mass is 458 g/mol. The minimum Gasteiger partial charge on any atom is -0.456 e. The Morgan fingerprint density at radius 3 is 2.03 bits per heavy atom. The minimum absolute atomic E-state index is 0.246. The van der Waals surface area contributed by atoms with Gasteiger partial charge in [0.25, 0.3) is 0 Å². The molecule has 0 aliphatic carbocycles. The molecule has 0 fully saturated rings. The molecule has 176 valence electrons. The molecule has 1 heterocycles. The molecule has 0 saturated heterocycles. The Balaban J connectivity index is 0.000000926. The van der Waals surface area contributed by atoms with Crippen LogP contribution in [0.25, 0.3) is 22.3 Å². The highest BCUT2D eigenvalue weighted by Gasteiger charge is 2.16. The summed E-state index contributed by atoms with van der Waals surface area (Å²) in [4.78, 5) is 0. The number of furan rings is 1. The van der Waals surface area contributed by atoms with E-state index in [1.165, 1.54) is 31.4 Å². The van der Waals surface area contributed by atoms with Gasteiger partial charge in [-0.05, 0) is 43.4 Å². The van der Waals surface area contributed by atoms with E-state index < -0.39 is 0 Å². The molecule has 0 amide bonds. The largest absolute Gasteiger partial charge is 0.456 e. The zero-order valence-corrected chi connectivity index (χ0v) is 21.5. The molecule has 3 aromatic rings. The number of anilines is 1. The number of unbranched alkanes of at least 4 members (excludes halogenated alkanes) is 1. The molecule has 5 heteroatoms. The minimum atomic E-state index is -0.246. The molecule has 0 saturated carbocycles. The van der Waals surface area contributed by atoms with Gasteiger partial charge >= 0.3 is 0 Å². The maximum atomic E-state index is 13.2. The molecule has 0 radical (unpaired) electrons. The van der Waals surface area contributed by atoms with Crippen molar-refractivity contribution in [3.8, 4) is 24.2 Å². The molecule has 0 atom stereocenters. The third-order valence-corrected chi connectivity index (χ3v) is 5.13. The van der Waals surface area contributed by atoms with E-state index in [4.69, 9.17) is 4.42 Å². The topological polar surface area (TPSA) is 28.4 Å². The number of rotatable bonds is 6. The highest BCUT2D eigenvalue weighted by atomic mass is 32.2. The van der Waals surface area contributed by atoms with Crippen molar-refractivity contribution in [2.45, 2.75) is 53.5 Å². The van der Waals surface area contributed by atoms with Gasteiger partial charge in [-0.25, -0.2) is 4.39 Å². The molecule has 32 heavy (non-hydrogen) atoms. The lowest BCUT2D eigenvalue weighted by atomic mass is 10.1. The van der Waals surface area contributed by atoms with E-state index >= 15 is 0 Å². The molecule has 0 unspecified atom stereocenters. The van der Waals surface area contributed by atoms with Crippen LogP contribution in [-0.4, -0.2) is 20.4 Å². The Bertz CT molecular complexity index is 901. The molecule has 0 aliphatic rings. The Morgan fingerprint density at radius 1 is 1.00 bits per heavy atom. The molecule has 0 spiro atoms. The van der Waals surface area contributed by atoms with E-state index in [2.05, 4.69) is 62.3 Å². The van der Waals surface area contributed by atoms with Crippen LogP contribution in [0.3, 0.4) is 0 Å². The second kappa shape index (κ2) is 17.2. The molecule has 0 bridgehead atoms. The number of nitrogens with one attached hydrogen (secondary N) is 1. The van der Waals surface area contributed by atoms with E-state index in [0.29, 0.717) is 6.54 Å². The summed E-state index contributed by atoms with van der Waals surface area (Å²) in [6, 6.07) is 12.6. The van der Waals surface area contributed by atoms with Crippen LogP contribution in [0.5, 0.6) is 0 Å². The first-order chi connectivity index (χ1) is 15.5. The van der Waals surface area contributed by atoms with Crippen molar-refractivity contribution in [2.24, 2.45) is 0 Å². The van der Waals surface area contributed by atoms with Gasteiger partial charge in [-0.15, -0.1) is 12.8 Å². The first-order valence-electron chi connectivity index (χ1n) is 11.0. The van der Waals surface area contributed by atoms with Gasteiger partial charge in [0.15, 0.2) is 0 Å². The molecule has 0 aliphatic heterocycles. The third-order valence-electron chi connectivity index (χ3n) is 4.37. The van der Waals surface area contributed by atoms with Gasteiger partial charge in [-0.2, -0.15) is 0 Å². The van der Waals surface area contributed by atoms with Crippen molar-refractivity contribution < 1.29 is 8.81 Å². The summed E-state index contributed by atoms with van der Waals surface area (Å²) in [5.74, 6) is 0.544. The van der Waals surface area contributed by atoms with Crippen molar-refractivity contribution >= 4 is 28.6 Å². The first kappa shape index (κ1) is 29.6. The fourth-order valence-electron chi connectivity index (χ4n) is 2.63. The number of hydrogen-bond acceptors (Lipinski definition) is 4. The zero-order valence-electron chi connectivity index (χ0n) is 20.7. The Morgan fingerprint density at radius 2 is 1.56 bits per heavy atom. The highest BCUT2D eigenvalue weighted by molar-refractivity contribution is 7.99. The van der Waals surface area contributed by atoms with Crippen LogP contribution in [0.1, 0.15) is 52.5 Å². The van der Waals surface area contributed by atoms with Crippen molar-refractivity contribution in [3.05, 3.63) is 53.8 Å². The fourth-order valence-corrected chi connectivity index (χ4v) is 2.95. The number of halogens is 1. The maximum absolute atomic E-state index is 13.2. The van der Waals surface area contributed by atoms with Crippen LogP contribution in [0.4, 0.5) is 10.1 Å². The second-order valence-corrected chi connectivity index (χ2v) is 7.93. The Labute approximate surface area is 198 Å². The van der Waals surface area contributed by atoms with Crippen LogP contribution < -0.4 is 9.62 Å². The molecule has 2 aromatic carbocycles. The summed E-state index contributed by atoms with van der Waals surface area (Å²) in [6.45, 7) is 9.30. The first-order valence-corrected chi connectivity index (χ1v) is 12.2. The number of benzene rings is 2. The van der Waals surface area contributed by atoms with Crippen molar-refractivity contribution in [3.63, 3.8) is 0 Å². The van der Waals surface area contributed by atoms with Crippen molar-refractivity contribution in [1.82, 2.24) is 5.32 Å². The molecule has 1 aromatic heterocycles. The lowest BCUT2D eigenvalue weighted by molar-refractivity contribution is 0.619. The van der Waals surface area contributed by atoms with E-state index in [0.717, 1.165) is 33.5 Å². The fraction of sp³-hybridized carbons (Fsp3) is 0.407.